The molecule has 2 unspecified atom stereocenters. The van der Waals surface area contributed by atoms with E-state index in [0.717, 1.165) is 31.8 Å². The Balaban J connectivity index is 0.00000144. The fraction of sp³-hybridized carbons (Fsp3) is 0.923. The zero-order chi connectivity index (χ0) is 11.4. The Morgan fingerprint density at radius 2 is 1.88 bits per heavy atom. The van der Waals surface area contributed by atoms with E-state index in [1.807, 2.05) is 0 Å². The lowest BCUT2D eigenvalue weighted by atomic mass is 9.86. The molecular formula is C13H25ClN2O. The van der Waals surface area contributed by atoms with Crippen molar-refractivity contribution in [2.45, 2.75) is 51.5 Å². The second-order valence-electron chi connectivity index (χ2n) is 5.50. The summed E-state index contributed by atoms with van der Waals surface area (Å²) in [6.45, 7) is 4.29. The molecule has 2 atom stereocenters. The molecule has 2 rings (SSSR count). The minimum atomic E-state index is 0. The Morgan fingerprint density at radius 1 is 1.18 bits per heavy atom. The molecule has 17 heavy (non-hydrogen) atoms. The van der Waals surface area contributed by atoms with Crippen LogP contribution in [0.5, 0.6) is 0 Å². The molecule has 0 aromatic carbocycles. The number of hydrogen-bond acceptors (Lipinski definition) is 2. The Morgan fingerprint density at radius 3 is 2.53 bits per heavy atom. The second kappa shape index (κ2) is 7.22. The van der Waals surface area contributed by atoms with Crippen molar-refractivity contribution < 1.29 is 4.79 Å². The summed E-state index contributed by atoms with van der Waals surface area (Å²) in [6, 6.07) is 0.450. The highest BCUT2D eigenvalue weighted by Crippen LogP contribution is 2.24. The summed E-state index contributed by atoms with van der Waals surface area (Å²) in [6.07, 6.45) is 6.98. The summed E-state index contributed by atoms with van der Waals surface area (Å²) in [5.41, 5.74) is 0. The van der Waals surface area contributed by atoms with Crippen LogP contribution < -0.4 is 10.6 Å². The maximum absolute atomic E-state index is 12.0. The molecule has 0 radical (unpaired) electrons. The Hall–Kier alpha value is -0.280. The van der Waals surface area contributed by atoms with Crippen LogP contribution in [0.1, 0.15) is 45.4 Å². The number of amides is 1. The predicted molar refractivity (Wildman–Crippen MR) is 72.4 cm³/mol. The van der Waals surface area contributed by atoms with Gasteiger partial charge in [-0.05, 0) is 44.7 Å². The first-order valence-corrected chi connectivity index (χ1v) is 6.77. The van der Waals surface area contributed by atoms with Gasteiger partial charge in [-0.2, -0.15) is 0 Å². The third-order valence-corrected chi connectivity index (χ3v) is 3.99. The molecule has 0 aromatic heterocycles. The number of nitrogens with one attached hydrogen (secondary N) is 2. The van der Waals surface area contributed by atoms with Gasteiger partial charge in [-0.15, -0.1) is 12.4 Å². The summed E-state index contributed by atoms with van der Waals surface area (Å²) in [7, 11) is 0. The van der Waals surface area contributed by atoms with Gasteiger partial charge < -0.3 is 10.6 Å². The molecule has 1 saturated heterocycles. The lowest BCUT2D eigenvalue weighted by molar-refractivity contribution is -0.126. The molecular weight excluding hydrogens is 236 g/mol. The summed E-state index contributed by atoms with van der Waals surface area (Å²) in [4.78, 5) is 12.0. The maximum Gasteiger partial charge on any atom is 0.223 e. The molecule has 0 spiro atoms. The fourth-order valence-corrected chi connectivity index (χ4v) is 2.97. The molecule has 2 N–H and O–H groups in total. The standard InChI is InChI=1S/C13H24N2O.ClH/c1-10-3-2-4-12(9-10)15-13(16)11-5-7-14-8-6-11;/h10-12,14H,2-9H2,1H3,(H,15,16);1H. The van der Waals surface area contributed by atoms with E-state index in [-0.39, 0.29) is 18.3 Å². The van der Waals surface area contributed by atoms with E-state index < -0.39 is 0 Å². The van der Waals surface area contributed by atoms with Crippen LogP contribution in [0.2, 0.25) is 0 Å². The summed E-state index contributed by atoms with van der Waals surface area (Å²) < 4.78 is 0. The Bertz CT molecular complexity index is 242. The highest BCUT2D eigenvalue weighted by molar-refractivity contribution is 5.85. The zero-order valence-electron chi connectivity index (χ0n) is 10.7. The average molecular weight is 261 g/mol. The number of carbonyl (C=O) groups is 1. The lowest BCUT2D eigenvalue weighted by Crippen LogP contribution is -2.44. The predicted octanol–water partition coefficient (Wildman–Crippen LogP) is 2.10. The van der Waals surface area contributed by atoms with E-state index >= 15 is 0 Å². The molecule has 1 heterocycles. The van der Waals surface area contributed by atoms with Gasteiger partial charge >= 0.3 is 0 Å². The molecule has 3 nitrogen and oxygen atoms in total. The smallest absolute Gasteiger partial charge is 0.223 e. The highest BCUT2D eigenvalue weighted by Gasteiger charge is 2.25. The molecule has 1 aliphatic heterocycles. The van der Waals surface area contributed by atoms with Crippen LogP contribution in [0.25, 0.3) is 0 Å². The molecule has 4 heteroatoms. The van der Waals surface area contributed by atoms with Gasteiger partial charge in [-0.1, -0.05) is 19.8 Å². The van der Waals surface area contributed by atoms with Crippen molar-refractivity contribution >= 4 is 18.3 Å². The SMILES string of the molecule is CC1CCCC(NC(=O)C2CCNCC2)C1.Cl. The molecule has 2 aliphatic rings. The molecule has 1 aliphatic carbocycles. The van der Waals surface area contributed by atoms with E-state index in [0.29, 0.717) is 11.9 Å². The second-order valence-corrected chi connectivity index (χ2v) is 5.50. The van der Waals surface area contributed by atoms with Gasteiger partial charge in [-0.25, -0.2) is 0 Å². The van der Waals surface area contributed by atoms with Crippen molar-refractivity contribution in [3.63, 3.8) is 0 Å². The Labute approximate surface area is 111 Å². The van der Waals surface area contributed by atoms with Gasteiger partial charge in [0.2, 0.25) is 5.91 Å². The van der Waals surface area contributed by atoms with E-state index in [1.165, 1.54) is 25.7 Å². The largest absolute Gasteiger partial charge is 0.353 e. The minimum Gasteiger partial charge on any atom is -0.353 e. The molecule has 0 aromatic rings. The number of rotatable bonds is 2. The summed E-state index contributed by atoms with van der Waals surface area (Å²) >= 11 is 0. The van der Waals surface area contributed by atoms with Crippen molar-refractivity contribution in [1.82, 2.24) is 10.6 Å². The van der Waals surface area contributed by atoms with Crippen LogP contribution in [0.4, 0.5) is 0 Å². The van der Waals surface area contributed by atoms with Crippen molar-refractivity contribution in [3.8, 4) is 0 Å². The van der Waals surface area contributed by atoms with E-state index in [2.05, 4.69) is 17.6 Å². The number of halogens is 1. The zero-order valence-corrected chi connectivity index (χ0v) is 11.5. The van der Waals surface area contributed by atoms with Crippen LogP contribution in [-0.2, 0) is 4.79 Å². The third-order valence-electron chi connectivity index (χ3n) is 3.99. The molecule has 1 saturated carbocycles. The van der Waals surface area contributed by atoms with E-state index in [9.17, 15) is 4.79 Å². The van der Waals surface area contributed by atoms with E-state index in [1.54, 1.807) is 0 Å². The fourth-order valence-electron chi connectivity index (χ4n) is 2.97. The molecule has 2 fully saturated rings. The third kappa shape index (κ3) is 4.47. The van der Waals surface area contributed by atoms with Crippen molar-refractivity contribution in [2.75, 3.05) is 13.1 Å². The lowest BCUT2D eigenvalue weighted by Gasteiger charge is -2.30. The normalized spacial score (nSPS) is 30.4. The van der Waals surface area contributed by atoms with Gasteiger partial charge in [0.1, 0.15) is 0 Å². The maximum atomic E-state index is 12.0. The van der Waals surface area contributed by atoms with Crippen molar-refractivity contribution in [3.05, 3.63) is 0 Å². The van der Waals surface area contributed by atoms with Gasteiger partial charge in [-0.3, -0.25) is 4.79 Å². The van der Waals surface area contributed by atoms with Gasteiger partial charge in [0, 0.05) is 12.0 Å². The Kier molecular flexibility index (Phi) is 6.28. The molecule has 1 amide bonds. The number of piperidine rings is 1. The first-order valence-electron chi connectivity index (χ1n) is 6.77. The summed E-state index contributed by atoms with van der Waals surface area (Å²) in [5.74, 6) is 1.35. The van der Waals surface area contributed by atoms with Crippen LogP contribution >= 0.6 is 12.4 Å². The van der Waals surface area contributed by atoms with Crippen molar-refractivity contribution in [1.29, 1.82) is 0 Å². The van der Waals surface area contributed by atoms with Gasteiger partial charge in [0.05, 0.1) is 0 Å². The van der Waals surface area contributed by atoms with Crippen molar-refractivity contribution in [2.24, 2.45) is 11.8 Å². The quantitative estimate of drug-likeness (QED) is 0.799. The first-order chi connectivity index (χ1) is 7.75. The van der Waals surface area contributed by atoms with Crippen LogP contribution in [0.3, 0.4) is 0 Å². The summed E-state index contributed by atoms with van der Waals surface area (Å²) in [5, 5.41) is 6.55. The van der Waals surface area contributed by atoms with E-state index in [4.69, 9.17) is 0 Å². The first kappa shape index (κ1) is 14.8. The average Bonchev–Trinajstić information content (AvgIpc) is 2.30. The molecule has 100 valence electrons. The topological polar surface area (TPSA) is 41.1 Å². The number of carbonyl (C=O) groups excluding carboxylic acids is 1. The van der Waals surface area contributed by atoms with Gasteiger partial charge in [0.25, 0.3) is 0 Å². The monoisotopic (exact) mass is 260 g/mol. The van der Waals surface area contributed by atoms with Crippen LogP contribution in [0, 0.1) is 11.8 Å². The minimum absolute atomic E-state index is 0. The number of hydrogen-bond donors (Lipinski definition) is 2. The molecule has 0 bridgehead atoms. The highest BCUT2D eigenvalue weighted by atomic mass is 35.5. The van der Waals surface area contributed by atoms with Gasteiger partial charge in [0.15, 0.2) is 0 Å². The van der Waals surface area contributed by atoms with Crippen LogP contribution in [0.15, 0.2) is 0 Å². The van der Waals surface area contributed by atoms with Crippen LogP contribution in [-0.4, -0.2) is 25.0 Å².